The first-order valence-electron chi connectivity index (χ1n) is 7.91. The van der Waals surface area contributed by atoms with E-state index in [1.165, 1.54) is 0 Å². The van der Waals surface area contributed by atoms with Gasteiger partial charge in [-0.05, 0) is 37.3 Å². The van der Waals surface area contributed by atoms with Gasteiger partial charge in [-0.1, -0.05) is 18.2 Å². The molecular weight excluding hydrogens is 302 g/mol. The fourth-order valence-corrected chi connectivity index (χ4v) is 2.95. The summed E-state index contributed by atoms with van der Waals surface area (Å²) >= 11 is 0. The normalized spacial score (nSPS) is 10.8. The van der Waals surface area contributed by atoms with E-state index < -0.39 is 0 Å². The zero-order valence-corrected chi connectivity index (χ0v) is 14.1. The maximum Gasteiger partial charge on any atom is 0.328 e. The Hall–Kier alpha value is -2.95. The molecule has 5 heteroatoms. The molecule has 1 N–H and O–H groups in total. The molecule has 0 bridgehead atoms. The fourth-order valence-electron chi connectivity index (χ4n) is 2.95. The van der Waals surface area contributed by atoms with Gasteiger partial charge >= 0.3 is 6.03 Å². The van der Waals surface area contributed by atoms with Crippen LogP contribution in [0.2, 0.25) is 0 Å². The minimum absolute atomic E-state index is 0.112. The van der Waals surface area contributed by atoms with Crippen molar-refractivity contribution in [2.75, 3.05) is 23.4 Å². The summed E-state index contributed by atoms with van der Waals surface area (Å²) in [6, 6.07) is 14.7. The number of phenols is 1. The van der Waals surface area contributed by atoms with Crippen molar-refractivity contribution in [3.8, 4) is 5.75 Å². The quantitative estimate of drug-likeness (QED) is 0.793. The van der Waals surface area contributed by atoms with Crippen molar-refractivity contribution in [3.05, 3.63) is 54.7 Å². The lowest BCUT2D eigenvalue weighted by Crippen LogP contribution is -2.41. The molecule has 1 aromatic heterocycles. The van der Waals surface area contributed by atoms with E-state index in [-0.39, 0.29) is 11.8 Å². The van der Waals surface area contributed by atoms with E-state index >= 15 is 0 Å². The number of para-hydroxylation sites is 1. The lowest BCUT2D eigenvalue weighted by molar-refractivity contribution is 0.253. The number of hydrogen-bond acceptors (Lipinski definition) is 2. The molecule has 0 aliphatic heterocycles. The Kier molecular flexibility index (Phi) is 4.16. The van der Waals surface area contributed by atoms with Crippen molar-refractivity contribution in [3.63, 3.8) is 0 Å². The van der Waals surface area contributed by atoms with Crippen LogP contribution in [0.25, 0.3) is 10.9 Å². The molecular formula is C19H21N3O2. The molecule has 0 unspecified atom stereocenters. The van der Waals surface area contributed by atoms with Gasteiger partial charge in [0.25, 0.3) is 0 Å². The lowest BCUT2D eigenvalue weighted by Gasteiger charge is -2.27. The Labute approximate surface area is 141 Å². The zero-order chi connectivity index (χ0) is 17.3. The van der Waals surface area contributed by atoms with E-state index in [1.54, 1.807) is 29.0 Å². The van der Waals surface area contributed by atoms with Gasteiger partial charge in [-0.25, -0.2) is 4.79 Å². The van der Waals surface area contributed by atoms with Crippen molar-refractivity contribution in [2.45, 2.75) is 6.92 Å². The van der Waals surface area contributed by atoms with E-state index in [2.05, 4.69) is 0 Å². The SMILES string of the molecule is CCN(C(=O)N(C)c1cn(C)c2ccc(O)cc12)c1ccccc1. The largest absolute Gasteiger partial charge is 0.508 e. The number of carbonyl (C=O) groups excluding carboxylic acids is 1. The second kappa shape index (κ2) is 6.28. The number of urea groups is 1. The topological polar surface area (TPSA) is 48.7 Å². The Morgan fingerprint density at radius 2 is 1.88 bits per heavy atom. The van der Waals surface area contributed by atoms with Crippen LogP contribution in [0.15, 0.2) is 54.7 Å². The number of phenolic OH excluding ortho intramolecular Hbond substituents is 1. The second-order valence-electron chi connectivity index (χ2n) is 5.75. The highest BCUT2D eigenvalue weighted by molar-refractivity contribution is 6.08. The summed E-state index contributed by atoms with van der Waals surface area (Å²) in [5, 5.41) is 10.6. The van der Waals surface area contributed by atoms with Crippen molar-refractivity contribution < 1.29 is 9.90 Å². The van der Waals surface area contributed by atoms with Gasteiger partial charge in [0, 0.05) is 37.9 Å². The van der Waals surface area contributed by atoms with Crippen LogP contribution in [0.4, 0.5) is 16.2 Å². The molecule has 3 aromatic rings. The van der Waals surface area contributed by atoms with Crippen LogP contribution in [0.5, 0.6) is 5.75 Å². The van der Waals surface area contributed by atoms with Crippen molar-refractivity contribution in [1.29, 1.82) is 0 Å². The molecule has 0 aliphatic carbocycles. The average molecular weight is 323 g/mol. The number of aromatic hydroxyl groups is 1. The molecule has 1 heterocycles. The van der Waals surface area contributed by atoms with E-state index in [4.69, 9.17) is 0 Å². The summed E-state index contributed by atoms with van der Waals surface area (Å²) in [5.74, 6) is 0.186. The van der Waals surface area contributed by atoms with Crippen LogP contribution in [0, 0.1) is 0 Å². The molecule has 0 atom stereocenters. The predicted octanol–water partition coefficient (Wildman–Crippen LogP) is 3.97. The minimum atomic E-state index is -0.112. The van der Waals surface area contributed by atoms with Gasteiger partial charge in [0.15, 0.2) is 0 Å². The highest BCUT2D eigenvalue weighted by atomic mass is 16.3. The molecule has 24 heavy (non-hydrogen) atoms. The number of fused-ring (bicyclic) bond motifs is 1. The number of hydrogen-bond donors (Lipinski definition) is 1. The van der Waals surface area contributed by atoms with Crippen LogP contribution in [0.3, 0.4) is 0 Å². The van der Waals surface area contributed by atoms with Gasteiger partial charge in [0.2, 0.25) is 0 Å². The van der Waals surface area contributed by atoms with Crippen LogP contribution in [-0.4, -0.2) is 29.3 Å². The summed E-state index contributed by atoms with van der Waals surface area (Å²) in [5.41, 5.74) is 2.59. The molecule has 5 nitrogen and oxygen atoms in total. The number of carbonyl (C=O) groups is 1. The van der Waals surface area contributed by atoms with E-state index in [1.807, 2.05) is 61.1 Å². The van der Waals surface area contributed by atoms with E-state index in [0.717, 1.165) is 22.3 Å². The Balaban J connectivity index is 2.00. The van der Waals surface area contributed by atoms with E-state index in [0.29, 0.717) is 6.54 Å². The van der Waals surface area contributed by atoms with E-state index in [9.17, 15) is 9.90 Å². The molecule has 0 spiro atoms. The maximum absolute atomic E-state index is 13.0. The number of amides is 2. The highest BCUT2D eigenvalue weighted by Gasteiger charge is 2.22. The summed E-state index contributed by atoms with van der Waals surface area (Å²) in [7, 11) is 3.68. The first kappa shape index (κ1) is 15.9. The fraction of sp³-hybridized carbons (Fsp3) is 0.211. The third-order valence-electron chi connectivity index (χ3n) is 4.22. The average Bonchev–Trinajstić information content (AvgIpc) is 2.91. The molecule has 0 fully saturated rings. The Bertz CT molecular complexity index is 871. The van der Waals surface area contributed by atoms with Gasteiger partial charge in [-0.15, -0.1) is 0 Å². The summed E-state index contributed by atoms with van der Waals surface area (Å²) in [6.45, 7) is 2.52. The van der Waals surface area contributed by atoms with Gasteiger partial charge in [-0.3, -0.25) is 9.80 Å². The molecule has 0 saturated heterocycles. The van der Waals surface area contributed by atoms with Gasteiger partial charge in [0.05, 0.1) is 11.2 Å². The summed E-state index contributed by atoms with van der Waals surface area (Å²) in [4.78, 5) is 16.3. The minimum Gasteiger partial charge on any atom is -0.508 e. The maximum atomic E-state index is 13.0. The third kappa shape index (κ3) is 2.69. The van der Waals surface area contributed by atoms with Gasteiger partial charge in [-0.2, -0.15) is 0 Å². The van der Waals surface area contributed by atoms with Crippen LogP contribution < -0.4 is 9.80 Å². The van der Waals surface area contributed by atoms with Crippen molar-refractivity contribution in [2.24, 2.45) is 7.05 Å². The molecule has 124 valence electrons. The van der Waals surface area contributed by atoms with Crippen LogP contribution >= 0.6 is 0 Å². The molecule has 2 aromatic carbocycles. The Morgan fingerprint density at radius 3 is 2.54 bits per heavy atom. The standard InChI is InChI=1S/C19H21N3O2/c1-4-22(14-8-6-5-7-9-14)19(24)21(3)18-13-20(2)17-11-10-15(23)12-16(17)18/h5-13,23H,4H2,1-3H3. The smallest absolute Gasteiger partial charge is 0.328 e. The number of rotatable bonds is 3. The first-order valence-corrected chi connectivity index (χ1v) is 7.91. The zero-order valence-electron chi connectivity index (χ0n) is 14.1. The van der Waals surface area contributed by atoms with Crippen LogP contribution in [-0.2, 0) is 7.05 Å². The summed E-state index contributed by atoms with van der Waals surface area (Å²) < 4.78 is 1.95. The third-order valence-corrected chi connectivity index (χ3v) is 4.22. The van der Waals surface area contributed by atoms with Crippen molar-refractivity contribution in [1.82, 2.24) is 4.57 Å². The molecule has 0 aliphatic rings. The van der Waals surface area contributed by atoms with Gasteiger partial charge < -0.3 is 9.67 Å². The predicted molar refractivity (Wildman–Crippen MR) is 97.8 cm³/mol. The molecule has 0 saturated carbocycles. The number of aryl methyl sites for hydroxylation is 1. The monoisotopic (exact) mass is 323 g/mol. The lowest BCUT2D eigenvalue weighted by atomic mass is 10.2. The second-order valence-corrected chi connectivity index (χ2v) is 5.75. The highest BCUT2D eigenvalue weighted by Crippen LogP contribution is 2.31. The van der Waals surface area contributed by atoms with Gasteiger partial charge in [0.1, 0.15) is 5.75 Å². The molecule has 3 rings (SSSR count). The molecule has 0 radical (unpaired) electrons. The number of aromatic nitrogens is 1. The Morgan fingerprint density at radius 1 is 1.17 bits per heavy atom. The van der Waals surface area contributed by atoms with Crippen LogP contribution in [0.1, 0.15) is 6.92 Å². The van der Waals surface area contributed by atoms with Crippen molar-refractivity contribution >= 4 is 28.3 Å². The molecule has 2 amide bonds. The first-order chi connectivity index (χ1) is 11.5. The number of anilines is 2. The number of nitrogens with zero attached hydrogens (tertiary/aromatic N) is 3. The number of benzene rings is 2. The summed E-state index contributed by atoms with van der Waals surface area (Å²) in [6.07, 6.45) is 1.90.